The lowest BCUT2D eigenvalue weighted by Gasteiger charge is -2.31. The average molecular weight is 206 g/mol. The van der Waals surface area contributed by atoms with Crippen molar-refractivity contribution in [3.8, 4) is 5.75 Å². The van der Waals surface area contributed by atoms with Crippen molar-refractivity contribution < 1.29 is 4.74 Å². The molecule has 15 heavy (non-hydrogen) atoms. The third kappa shape index (κ3) is 1.92. The van der Waals surface area contributed by atoms with E-state index in [0.29, 0.717) is 6.04 Å². The topological polar surface area (TPSA) is 24.5 Å². The van der Waals surface area contributed by atoms with Crippen LogP contribution in [0.1, 0.15) is 5.56 Å². The molecule has 0 saturated carbocycles. The summed E-state index contributed by atoms with van der Waals surface area (Å²) in [7, 11) is 5.97. The molecule has 2 rings (SSSR count). The van der Waals surface area contributed by atoms with Gasteiger partial charge in [-0.1, -0.05) is 6.07 Å². The number of methoxy groups -OCH3 is 1. The average Bonchev–Trinajstić information content (AvgIpc) is 2.27. The van der Waals surface area contributed by atoms with Crippen LogP contribution in [0.4, 0.5) is 5.69 Å². The Morgan fingerprint density at radius 1 is 1.40 bits per heavy atom. The highest BCUT2D eigenvalue weighted by Crippen LogP contribution is 2.31. The van der Waals surface area contributed by atoms with Crippen LogP contribution in [0, 0.1) is 0 Å². The number of nitrogens with one attached hydrogen (secondary N) is 1. The quantitative estimate of drug-likeness (QED) is 0.795. The van der Waals surface area contributed by atoms with Gasteiger partial charge in [-0.3, -0.25) is 0 Å². The van der Waals surface area contributed by atoms with Crippen LogP contribution in [0.5, 0.6) is 5.75 Å². The van der Waals surface area contributed by atoms with Gasteiger partial charge in [0, 0.05) is 23.8 Å². The Labute approximate surface area is 91.0 Å². The summed E-state index contributed by atoms with van der Waals surface area (Å²) in [5, 5.41) is 3.45. The molecule has 0 saturated heterocycles. The van der Waals surface area contributed by atoms with Gasteiger partial charge in [0.25, 0.3) is 0 Å². The first-order valence-electron chi connectivity index (χ1n) is 5.28. The number of likely N-dealkylation sites (N-methyl/N-ethyl adjacent to an activating group) is 1. The summed E-state index contributed by atoms with van der Waals surface area (Å²) in [4.78, 5) is 2.25. The molecular formula is C12H18N2O. The lowest BCUT2D eigenvalue weighted by molar-refractivity contribution is 0.295. The highest BCUT2D eigenvalue weighted by atomic mass is 16.5. The smallest absolute Gasteiger partial charge is 0.124 e. The molecule has 0 bridgehead atoms. The largest absolute Gasteiger partial charge is 0.496 e. The van der Waals surface area contributed by atoms with Gasteiger partial charge in [-0.25, -0.2) is 0 Å². The molecule has 1 heterocycles. The standard InChI is InChI=1S/C12H18N2O/c1-14(2)9-7-10-11(13-8-9)5-4-6-12(10)15-3/h4-6,9,13H,7-8H2,1-3H3. The minimum Gasteiger partial charge on any atom is -0.496 e. The van der Waals surface area contributed by atoms with Gasteiger partial charge in [-0.15, -0.1) is 0 Å². The highest BCUT2D eigenvalue weighted by Gasteiger charge is 2.22. The zero-order valence-corrected chi connectivity index (χ0v) is 9.58. The zero-order chi connectivity index (χ0) is 10.8. The van der Waals surface area contributed by atoms with Crippen molar-refractivity contribution in [2.24, 2.45) is 0 Å². The Bertz CT molecular complexity index is 335. The molecule has 0 aromatic heterocycles. The Morgan fingerprint density at radius 3 is 2.87 bits per heavy atom. The van der Waals surface area contributed by atoms with E-state index in [4.69, 9.17) is 4.74 Å². The summed E-state index contributed by atoms with van der Waals surface area (Å²) in [5.41, 5.74) is 2.51. The summed E-state index contributed by atoms with van der Waals surface area (Å²) in [6.45, 7) is 1.01. The number of hydrogen-bond donors (Lipinski definition) is 1. The lowest BCUT2D eigenvalue weighted by atomic mass is 9.98. The molecule has 1 aliphatic rings. The number of benzene rings is 1. The molecule has 0 fully saturated rings. The molecule has 0 spiro atoms. The van der Waals surface area contributed by atoms with Crippen molar-refractivity contribution in [3.63, 3.8) is 0 Å². The zero-order valence-electron chi connectivity index (χ0n) is 9.58. The maximum atomic E-state index is 5.38. The van der Waals surface area contributed by atoms with Gasteiger partial charge in [-0.2, -0.15) is 0 Å². The van der Waals surface area contributed by atoms with Crippen molar-refractivity contribution in [1.29, 1.82) is 0 Å². The van der Waals surface area contributed by atoms with Crippen LogP contribution in [-0.2, 0) is 6.42 Å². The summed E-state index contributed by atoms with van der Waals surface area (Å²) in [6, 6.07) is 6.72. The van der Waals surface area contributed by atoms with E-state index in [1.165, 1.54) is 11.3 Å². The van der Waals surface area contributed by atoms with Crippen LogP contribution >= 0.6 is 0 Å². The molecule has 0 radical (unpaired) electrons. The first-order chi connectivity index (χ1) is 7.22. The lowest BCUT2D eigenvalue weighted by Crippen LogP contribution is -2.39. The molecule has 3 nitrogen and oxygen atoms in total. The Hall–Kier alpha value is -1.22. The second kappa shape index (κ2) is 4.11. The SMILES string of the molecule is COc1cccc2c1CC(N(C)C)CN2. The number of hydrogen-bond acceptors (Lipinski definition) is 3. The van der Waals surface area contributed by atoms with E-state index in [0.717, 1.165) is 18.7 Å². The van der Waals surface area contributed by atoms with Crippen LogP contribution in [0.3, 0.4) is 0 Å². The minimum atomic E-state index is 0.550. The van der Waals surface area contributed by atoms with Crippen molar-refractivity contribution in [2.45, 2.75) is 12.5 Å². The van der Waals surface area contributed by atoms with Crippen LogP contribution < -0.4 is 10.1 Å². The van der Waals surface area contributed by atoms with Crippen molar-refractivity contribution in [2.75, 3.05) is 33.1 Å². The van der Waals surface area contributed by atoms with E-state index in [2.05, 4.69) is 30.4 Å². The summed E-state index contributed by atoms with van der Waals surface area (Å²) < 4.78 is 5.38. The third-order valence-electron chi connectivity index (χ3n) is 3.05. The van der Waals surface area contributed by atoms with E-state index in [1.807, 2.05) is 12.1 Å². The van der Waals surface area contributed by atoms with Gasteiger partial charge in [0.2, 0.25) is 0 Å². The van der Waals surface area contributed by atoms with Crippen LogP contribution in [0.15, 0.2) is 18.2 Å². The van der Waals surface area contributed by atoms with Gasteiger partial charge in [0.05, 0.1) is 7.11 Å². The van der Waals surface area contributed by atoms with Gasteiger partial charge < -0.3 is 15.0 Å². The maximum absolute atomic E-state index is 5.38. The molecule has 1 aromatic carbocycles. The second-order valence-electron chi connectivity index (χ2n) is 4.19. The van der Waals surface area contributed by atoms with E-state index in [1.54, 1.807) is 7.11 Å². The predicted molar refractivity (Wildman–Crippen MR) is 62.7 cm³/mol. The van der Waals surface area contributed by atoms with Crippen LogP contribution in [0.25, 0.3) is 0 Å². The Morgan fingerprint density at radius 2 is 2.20 bits per heavy atom. The van der Waals surface area contributed by atoms with Crippen molar-refractivity contribution >= 4 is 5.69 Å². The Kier molecular flexibility index (Phi) is 2.82. The summed E-state index contributed by atoms with van der Waals surface area (Å²) in [6.07, 6.45) is 1.05. The molecule has 1 N–H and O–H groups in total. The fourth-order valence-electron chi connectivity index (χ4n) is 2.03. The first-order valence-corrected chi connectivity index (χ1v) is 5.28. The van der Waals surface area contributed by atoms with Gasteiger partial charge in [-0.05, 0) is 32.6 Å². The maximum Gasteiger partial charge on any atom is 0.124 e. The highest BCUT2D eigenvalue weighted by molar-refractivity contribution is 5.59. The van der Waals surface area contributed by atoms with Crippen LogP contribution in [-0.4, -0.2) is 38.7 Å². The molecule has 0 aliphatic carbocycles. The molecule has 3 heteroatoms. The number of anilines is 1. The van der Waals surface area contributed by atoms with E-state index in [-0.39, 0.29) is 0 Å². The van der Waals surface area contributed by atoms with Crippen molar-refractivity contribution in [1.82, 2.24) is 4.90 Å². The van der Waals surface area contributed by atoms with E-state index < -0.39 is 0 Å². The number of fused-ring (bicyclic) bond motifs is 1. The fraction of sp³-hybridized carbons (Fsp3) is 0.500. The van der Waals surface area contributed by atoms with Gasteiger partial charge >= 0.3 is 0 Å². The third-order valence-corrected chi connectivity index (χ3v) is 3.05. The molecule has 82 valence electrons. The minimum absolute atomic E-state index is 0.550. The Balaban J connectivity index is 2.30. The predicted octanol–water partition coefficient (Wildman–Crippen LogP) is 1.59. The fourth-order valence-corrected chi connectivity index (χ4v) is 2.03. The van der Waals surface area contributed by atoms with Crippen molar-refractivity contribution in [3.05, 3.63) is 23.8 Å². The van der Waals surface area contributed by atoms with Crippen LogP contribution in [0.2, 0.25) is 0 Å². The summed E-state index contributed by atoms with van der Waals surface area (Å²) >= 11 is 0. The number of nitrogens with zero attached hydrogens (tertiary/aromatic N) is 1. The molecule has 1 unspecified atom stereocenters. The number of ether oxygens (including phenoxy) is 1. The monoisotopic (exact) mass is 206 g/mol. The normalized spacial score (nSPS) is 19.6. The first kappa shape index (κ1) is 10.3. The molecule has 1 aromatic rings. The van der Waals surface area contributed by atoms with Gasteiger partial charge in [0.1, 0.15) is 5.75 Å². The number of rotatable bonds is 2. The molecule has 0 amide bonds. The van der Waals surface area contributed by atoms with E-state index in [9.17, 15) is 0 Å². The molecule has 1 atom stereocenters. The molecular weight excluding hydrogens is 188 g/mol. The van der Waals surface area contributed by atoms with Gasteiger partial charge in [0.15, 0.2) is 0 Å². The van der Waals surface area contributed by atoms with E-state index >= 15 is 0 Å². The summed E-state index contributed by atoms with van der Waals surface area (Å²) in [5.74, 6) is 0.992. The second-order valence-corrected chi connectivity index (χ2v) is 4.19. The molecule has 1 aliphatic heterocycles.